The zero-order valence-electron chi connectivity index (χ0n) is 24.7. The number of nitrogens with one attached hydrogen (secondary N) is 1. The highest BCUT2D eigenvalue weighted by molar-refractivity contribution is 5.96. The number of amides is 2. The van der Waals surface area contributed by atoms with Gasteiger partial charge in [0.2, 0.25) is 0 Å². The van der Waals surface area contributed by atoms with Gasteiger partial charge >= 0.3 is 6.03 Å². The second-order valence-electron chi connectivity index (χ2n) is 11.8. The number of ether oxygens (including phenoxy) is 1. The number of aliphatic hydroxyl groups is 3. The Kier molecular flexibility index (Phi) is 9.14. The van der Waals surface area contributed by atoms with Crippen molar-refractivity contribution in [2.45, 2.75) is 62.2 Å². The van der Waals surface area contributed by atoms with Gasteiger partial charge in [0.1, 0.15) is 11.6 Å². The molecule has 2 aliphatic rings. The number of rotatable bonds is 9. The summed E-state index contributed by atoms with van der Waals surface area (Å²) in [6, 6.07) is 26.8. The summed E-state index contributed by atoms with van der Waals surface area (Å²) in [5, 5.41) is 44.9. The largest absolute Gasteiger partial charge is 0.508 e. The molecule has 0 aliphatic carbocycles. The molecule has 45 heavy (non-hydrogen) atoms. The van der Waals surface area contributed by atoms with E-state index >= 15 is 0 Å². The minimum Gasteiger partial charge on any atom is -0.508 e. The van der Waals surface area contributed by atoms with Crippen LogP contribution in [0.3, 0.4) is 0 Å². The Morgan fingerprint density at radius 2 is 1.64 bits per heavy atom. The Morgan fingerprint density at radius 3 is 2.33 bits per heavy atom. The summed E-state index contributed by atoms with van der Waals surface area (Å²) < 4.78 is 19.3. The molecular formula is C36H37FN2O6. The predicted molar refractivity (Wildman–Crippen MR) is 168 cm³/mol. The average molecular weight is 613 g/mol. The zero-order valence-corrected chi connectivity index (χ0v) is 24.7. The number of aliphatic hydroxyl groups excluding tert-OH is 3. The first-order valence-electron chi connectivity index (χ1n) is 15.3. The third-order valence-electron chi connectivity index (χ3n) is 8.77. The number of nitrogens with zero attached hydrogens (tertiary/aromatic N) is 1. The van der Waals surface area contributed by atoms with Crippen LogP contribution < -0.4 is 10.2 Å². The molecule has 2 heterocycles. The zero-order chi connectivity index (χ0) is 31.5. The van der Waals surface area contributed by atoms with Crippen LogP contribution in [0.2, 0.25) is 0 Å². The molecule has 0 saturated carbocycles. The maximum absolute atomic E-state index is 13.4. The fourth-order valence-corrected chi connectivity index (χ4v) is 6.44. The van der Waals surface area contributed by atoms with E-state index in [1.54, 1.807) is 23.1 Å². The van der Waals surface area contributed by atoms with E-state index < -0.39 is 30.4 Å². The smallest absolute Gasteiger partial charge is 0.322 e. The van der Waals surface area contributed by atoms with Crippen molar-refractivity contribution < 1.29 is 34.3 Å². The van der Waals surface area contributed by atoms with Crippen molar-refractivity contribution in [1.82, 2.24) is 5.32 Å². The van der Waals surface area contributed by atoms with Crippen molar-refractivity contribution in [2.75, 3.05) is 11.5 Å². The molecule has 5 N–H and O–H groups in total. The Bertz CT molecular complexity index is 1600. The van der Waals surface area contributed by atoms with Gasteiger partial charge in [-0.15, -0.1) is 0 Å². The monoisotopic (exact) mass is 612 g/mol. The number of phenolic OH excluding ortho intramolecular Hbond substituents is 1. The van der Waals surface area contributed by atoms with Crippen molar-refractivity contribution >= 4 is 11.7 Å². The van der Waals surface area contributed by atoms with Gasteiger partial charge in [0.25, 0.3) is 0 Å². The fourth-order valence-electron chi connectivity index (χ4n) is 6.44. The molecule has 0 radical (unpaired) electrons. The van der Waals surface area contributed by atoms with Gasteiger partial charge in [-0.2, -0.15) is 0 Å². The van der Waals surface area contributed by atoms with Crippen LogP contribution in [0.4, 0.5) is 14.9 Å². The molecule has 0 spiro atoms. The molecule has 0 aromatic heterocycles. The Balaban J connectivity index is 1.25. The topological polar surface area (TPSA) is 122 Å². The van der Waals surface area contributed by atoms with Gasteiger partial charge in [0, 0.05) is 24.1 Å². The number of urea groups is 1. The van der Waals surface area contributed by atoms with E-state index in [-0.39, 0.29) is 30.3 Å². The van der Waals surface area contributed by atoms with E-state index in [2.05, 4.69) is 5.32 Å². The maximum Gasteiger partial charge on any atom is 0.322 e. The van der Waals surface area contributed by atoms with E-state index in [1.165, 1.54) is 12.1 Å². The minimum atomic E-state index is -0.843. The standard InChI is InChI=1S/C36H37FN2O6/c37-26-13-10-23(11-14-26)32(42)17-16-31-35(39(36(44)38-31)27-4-2-1-3-5-27)30-15-12-25(18-33(30)43)22-6-8-24(9-7-22)34-20-28(41)19-29(21-40)45-34/h1-15,18,28-29,31-32,34-35,40-43H,16-17,19-21H2,(H,38,44). The SMILES string of the molecule is O=C1NC(CCC(O)c2ccc(F)cc2)C(c2ccc(-c3ccc(C4CC(O)CC(CO)O4)cc3)cc2O)N1c1ccccc1. The minimum absolute atomic E-state index is 0.0348. The Hall–Kier alpha value is -4.28. The van der Waals surface area contributed by atoms with Gasteiger partial charge in [0.15, 0.2) is 0 Å². The third-order valence-corrected chi connectivity index (χ3v) is 8.77. The number of hydrogen-bond donors (Lipinski definition) is 5. The number of benzene rings is 4. The fraction of sp³-hybridized carbons (Fsp3) is 0.306. The molecule has 4 aromatic carbocycles. The van der Waals surface area contributed by atoms with Crippen molar-refractivity contribution in [2.24, 2.45) is 0 Å². The molecule has 6 atom stereocenters. The molecule has 4 aromatic rings. The summed E-state index contributed by atoms with van der Waals surface area (Å²) in [5.41, 5.74) is 4.40. The van der Waals surface area contributed by atoms with E-state index in [4.69, 9.17) is 4.74 Å². The van der Waals surface area contributed by atoms with Crippen molar-refractivity contribution in [1.29, 1.82) is 0 Å². The number of halogens is 1. The van der Waals surface area contributed by atoms with Gasteiger partial charge in [0.05, 0.1) is 43.1 Å². The van der Waals surface area contributed by atoms with E-state index in [1.807, 2.05) is 66.7 Å². The lowest BCUT2D eigenvalue weighted by Gasteiger charge is -2.32. The van der Waals surface area contributed by atoms with Crippen LogP contribution in [0.1, 0.15) is 60.6 Å². The van der Waals surface area contributed by atoms with Gasteiger partial charge in [-0.05, 0) is 65.4 Å². The third kappa shape index (κ3) is 6.72. The highest BCUT2D eigenvalue weighted by Gasteiger charge is 2.42. The summed E-state index contributed by atoms with van der Waals surface area (Å²) in [5.74, 6) is -0.343. The summed E-state index contributed by atoms with van der Waals surface area (Å²) in [6.07, 6.45) is -0.485. The van der Waals surface area contributed by atoms with Crippen LogP contribution in [-0.2, 0) is 4.74 Å². The lowest BCUT2D eigenvalue weighted by atomic mass is 9.91. The number of para-hydroxylation sites is 1. The number of anilines is 1. The Labute approximate surface area is 261 Å². The van der Waals surface area contributed by atoms with Crippen LogP contribution in [-0.4, -0.2) is 51.3 Å². The summed E-state index contributed by atoms with van der Waals surface area (Å²) >= 11 is 0. The average Bonchev–Trinajstić information content (AvgIpc) is 3.39. The molecular weight excluding hydrogens is 575 g/mol. The van der Waals surface area contributed by atoms with Crippen molar-refractivity contribution in [3.8, 4) is 16.9 Å². The second-order valence-corrected chi connectivity index (χ2v) is 11.8. The molecule has 9 heteroatoms. The van der Waals surface area contributed by atoms with Crippen molar-refractivity contribution in [3.05, 3.63) is 120 Å². The molecule has 2 fully saturated rings. The summed E-state index contributed by atoms with van der Waals surface area (Å²) in [7, 11) is 0. The molecule has 2 amide bonds. The molecule has 6 unspecified atom stereocenters. The first-order chi connectivity index (χ1) is 21.8. The number of hydrogen-bond acceptors (Lipinski definition) is 6. The number of carbonyl (C=O) groups excluding carboxylic acids is 1. The van der Waals surface area contributed by atoms with E-state index in [0.717, 1.165) is 16.7 Å². The van der Waals surface area contributed by atoms with Gasteiger partial charge in [-0.25, -0.2) is 9.18 Å². The Morgan fingerprint density at radius 1 is 0.933 bits per heavy atom. The normalized spacial score (nSPS) is 24.0. The van der Waals surface area contributed by atoms with Crippen LogP contribution in [0.15, 0.2) is 97.1 Å². The van der Waals surface area contributed by atoms with Crippen LogP contribution in [0.25, 0.3) is 11.1 Å². The second kappa shape index (κ2) is 13.4. The van der Waals surface area contributed by atoms with Crippen molar-refractivity contribution in [3.63, 3.8) is 0 Å². The highest BCUT2D eigenvalue weighted by atomic mass is 19.1. The van der Waals surface area contributed by atoms with E-state index in [9.17, 15) is 29.6 Å². The molecule has 8 nitrogen and oxygen atoms in total. The van der Waals surface area contributed by atoms with Gasteiger partial charge < -0.3 is 30.5 Å². The molecule has 2 saturated heterocycles. The predicted octanol–water partition coefficient (Wildman–Crippen LogP) is 5.92. The first kappa shape index (κ1) is 30.7. The molecule has 0 bridgehead atoms. The number of aromatic hydroxyl groups is 1. The molecule has 234 valence electrons. The highest BCUT2D eigenvalue weighted by Crippen LogP contribution is 2.42. The quantitative estimate of drug-likeness (QED) is 0.160. The van der Waals surface area contributed by atoms with Crippen LogP contribution in [0.5, 0.6) is 5.75 Å². The lowest BCUT2D eigenvalue weighted by Crippen LogP contribution is -2.33. The lowest BCUT2D eigenvalue weighted by molar-refractivity contribution is -0.113. The van der Waals surface area contributed by atoms with Crippen LogP contribution >= 0.6 is 0 Å². The van der Waals surface area contributed by atoms with Gasteiger partial charge in [-0.3, -0.25) is 4.90 Å². The van der Waals surface area contributed by atoms with E-state index in [0.29, 0.717) is 42.5 Å². The summed E-state index contributed by atoms with van der Waals surface area (Å²) in [6.45, 7) is -0.142. The molecule has 2 aliphatic heterocycles. The van der Waals surface area contributed by atoms with Crippen LogP contribution in [0, 0.1) is 5.82 Å². The summed E-state index contributed by atoms with van der Waals surface area (Å²) in [4.78, 5) is 15.0. The maximum atomic E-state index is 13.4. The molecule has 6 rings (SSSR count). The number of carbonyl (C=O) groups is 1. The van der Waals surface area contributed by atoms with Gasteiger partial charge in [-0.1, -0.05) is 66.7 Å². The first-order valence-corrected chi connectivity index (χ1v) is 15.3. The number of phenols is 1.